The Hall–Kier alpha value is 0.0400. The molecule has 0 atom stereocenters. The summed E-state index contributed by atoms with van der Waals surface area (Å²) in [6.07, 6.45) is 1.54. The third kappa shape index (κ3) is 10.5. The van der Waals surface area contributed by atoms with Gasteiger partial charge in [0.2, 0.25) is 0 Å². The molecular formula is C10H26ClN3O4S. The van der Waals surface area contributed by atoms with Gasteiger partial charge in [-0.05, 0) is 19.4 Å². The van der Waals surface area contributed by atoms with Crippen LogP contribution >= 0.6 is 12.4 Å². The SMILES string of the molecule is COCCN(CCOC)S(=O)(=O)NCCCCN.Cl. The minimum absolute atomic E-state index is 0. The number of hydrogen-bond donors (Lipinski definition) is 2. The van der Waals surface area contributed by atoms with E-state index in [-0.39, 0.29) is 12.4 Å². The lowest BCUT2D eigenvalue weighted by atomic mass is 10.3. The first-order chi connectivity index (χ1) is 8.58. The quantitative estimate of drug-likeness (QED) is 0.476. The number of nitrogens with zero attached hydrogens (tertiary/aromatic N) is 1. The Morgan fingerprint density at radius 1 is 1.11 bits per heavy atom. The smallest absolute Gasteiger partial charge is 0.279 e. The van der Waals surface area contributed by atoms with Crippen molar-refractivity contribution in [2.75, 3.05) is 53.6 Å². The number of nitrogens with one attached hydrogen (secondary N) is 1. The molecule has 9 heteroatoms. The Labute approximate surface area is 122 Å². The van der Waals surface area contributed by atoms with Crippen LogP contribution in [0, 0.1) is 0 Å². The predicted octanol–water partition coefficient (Wildman–Crippen LogP) is -0.424. The van der Waals surface area contributed by atoms with E-state index in [1.807, 2.05) is 0 Å². The standard InChI is InChI=1S/C10H25N3O4S.ClH/c1-16-9-7-13(8-10-17-2)18(14,15)12-6-4-3-5-11;/h12H,3-11H2,1-2H3;1H. The first-order valence-corrected chi connectivity index (χ1v) is 7.45. The van der Waals surface area contributed by atoms with Crippen LogP contribution in [0.3, 0.4) is 0 Å². The summed E-state index contributed by atoms with van der Waals surface area (Å²) >= 11 is 0. The number of ether oxygens (including phenoxy) is 2. The zero-order valence-corrected chi connectivity index (χ0v) is 13.3. The van der Waals surface area contributed by atoms with Crippen LogP contribution in [-0.4, -0.2) is 66.3 Å². The Morgan fingerprint density at radius 2 is 1.63 bits per heavy atom. The van der Waals surface area contributed by atoms with Crippen LogP contribution in [-0.2, 0) is 19.7 Å². The van der Waals surface area contributed by atoms with E-state index in [0.29, 0.717) is 39.4 Å². The van der Waals surface area contributed by atoms with E-state index < -0.39 is 10.2 Å². The monoisotopic (exact) mass is 319 g/mol. The van der Waals surface area contributed by atoms with Crippen molar-refractivity contribution >= 4 is 22.6 Å². The molecule has 0 radical (unpaired) electrons. The molecule has 0 rings (SSSR count). The van der Waals surface area contributed by atoms with Crippen molar-refractivity contribution in [3.63, 3.8) is 0 Å². The molecule has 0 aliphatic rings. The Kier molecular flexibility index (Phi) is 14.6. The number of hydrogen-bond acceptors (Lipinski definition) is 5. The lowest BCUT2D eigenvalue weighted by molar-refractivity contribution is 0.149. The van der Waals surface area contributed by atoms with Gasteiger partial charge in [-0.15, -0.1) is 12.4 Å². The lowest BCUT2D eigenvalue weighted by Gasteiger charge is -2.21. The Balaban J connectivity index is 0. The summed E-state index contributed by atoms with van der Waals surface area (Å²) < 4.78 is 37.6. The van der Waals surface area contributed by atoms with Crippen LogP contribution in [0.5, 0.6) is 0 Å². The highest BCUT2D eigenvalue weighted by Gasteiger charge is 2.20. The lowest BCUT2D eigenvalue weighted by Crippen LogP contribution is -2.44. The van der Waals surface area contributed by atoms with Crippen LogP contribution in [0.4, 0.5) is 0 Å². The highest BCUT2D eigenvalue weighted by atomic mass is 35.5. The maximum atomic E-state index is 12.0. The van der Waals surface area contributed by atoms with Gasteiger partial charge >= 0.3 is 0 Å². The van der Waals surface area contributed by atoms with Crippen LogP contribution in [0.2, 0.25) is 0 Å². The summed E-state index contributed by atoms with van der Waals surface area (Å²) in [6, 6.07) is 0. The molecule has 0 fully saturated rings. The maximum absolute atomic E-state index is 12.0. The molecule has 0 amide bonds. The van der Waals surface area contributed by atoms with Crippen molar-refractivity contribution in [3.05, 3.63) is 0 Å². The average Bonchev–Trinajstić information content (AvgIpc) is 2.34. The second kappa shape index (κ2) is 13.0. The normalized spacial score (nSPS) is 11.6. The molecule has 0 spiro atoms. The largest absolute Gasteiger partial charge is 0.383 e. The molecular weight excluding hydrogens is 294 g/mol. The van der Waals surface area contributed by atoms with Crippen molar-refractivity contribution in [1.29, 1.82) is 0 Å². The molecule has 0 saturated carbocycles. The van der Waals surface area contributed by atoms with Crippen LogP contribution in [0.15, 0.2) is 0 Å². The zero-order valence-electron chi connectivity index (χ0n) is 11.6. The highest BCUT2D eigenvalue weighted by Crippen LogP contribution is 1.99. The second-order valence-electron chi connectivity index (χ2n) is 3.78. The fourth-order valence-corrected chi connectivity index (χ4v) is 2.51. The zero-order chi connectivity index (χ0) is 13.9. The molecule has 19 heavy (non-hydrogen) atoms. The molecule has 0 aliphatic heterocycles. The summed E-state index contributed by atoms with van der Waals surface area (Å²) in [4.78, 5) is 0. The third-order valence-electron chi connectivity index (χ3n) is 2.34. The molecule has 0 saturated heterocycles. The molecule has 0 heterocycles. The van der Waals surface area contributed by atoms with Gasteiger partial charge < -0.3 is 15.2 Å². The minimum Gasteiger partial charge on any atom is -0.383 e. The van der Waals surface area contributed by atoms with E-state index in [1.54, 1.807) is 0 Å². The summed E-state index contributed by atoms with van der Waals surface area (Å²) in [7, 11) is -0.390. The first kappa shape index (κ1) is 21.3. The molecule has 7 nitrogen and oxygen atoms in total. The summed E-state index contributed by atoms with van der Waals surface area (Å²) in [5, 5.41) is 0. The van der Waals surface area contributed by atoms with Crippen molar-refractivity contribution in [2.24, 2.45) is 5.73 Å². The fraction of sp³-hybridized carbons (Fsp3) is 1.00. The minimum atomic E-state index is -3.46. The Morgan fingerprint density at radius 3 is 2.05 bits per heavy atom. The van der Waals surface area contributed by atoms with E-state index in [9.17, 15) is 8.42 Å². The van der Waals surface area contributed by atoms with Crippen molar-refractivity contribution in [1.82, 2.24) is 9.03 Å². The summed E-state index contributed by atoms with van der Waals surface area (Å²) in [6.45, 7) is 2.30. The van der Waals surface area contributed by atoms with Gasteiger partial charge in [-0.2, -0.15) is 12.7 Å². The third-order valence-corrected chi connectivity index (χ3v) is 3.96. The van der Waals surface area contributed by atoms with Crippen LogP contribution in [0.25, 0.3) is 0 Å². The van der Waals surface area contributed by atoms with Gasteiger partial charge in [0.15, 0.2) is 0 Å². The van der Waals surface area contributed by atoms with Gasteiger partial charge in [0.25, 0.3) is 10.2 Å². The van der Waals surface area contributed by atoms with E-state index in [4.69, 9.17) is 15.2 Å². The molecule has 0 aliphatic carbocycles. The average molecular weight is 320 g/mol. The molecule has 0 aromatic rings. The number of unbranched alkanes of at least 4 members (excludes halogenated alkanes) is 1. The summed E-state index contributed by atoms with van der Waals surface area (Å²) in [5.41, 5.74) is 5.35. The molecule has 118 valence electrons. The number of nitrogens with two attached hydrogens (primary N) is 1. The van der Waals surface area contributed by atoms with Crippen molar-refractivity contribution < 1.29 is 17.9 Å². The Bertz CT molecular complexity index is 282. The predicted molar refractivity (Wildman–Crippen MR) is 77.8 cm³/mol. The van der Waals surface area contributed by atoms with E-state index in [1.165, 1.54) is 18.5 Å². The number of halogens is 1. The summed E-state index contributed by atoms with van der Waals surface area (Å²) in [5.74, 6) is 0. The van der Waals surface area contributed by atoms with Gasteiger partial charge in [0, 0.05) is 33.9 Å². The van der Waals surface area contributed by atoms with Gasteiger partial charge in [0.1, 0.15) is 0 Å². The van der Waals surface area contributed by atoms with E-state index in [2.05, 4.69) is 4.72 Å². The van der Waals surface area contributed by atoms with Gasteiger partial charge in [-0.3, -0.25) is 0 Å². The van der Waals surface area contributed by atoms with Crippen molar-refractivity contribution in [3.8, 4) is 0 Å². The van der Waals surface area contributed by atoms with Gasteiger partial charge in [-0.1, -0.05) is 0 Å². The van der Waals surface area contributed by atoms with Crippen LogP contribution < -0.4 is 10.5 Å². The fourth-order valence-electron chi connectivity index (χ4n) is 1.30. The van der Waals surface area contributed by atoms with Crippen molar-refractivity contribution in [2.45, 2.75) is 12.8 Å². The molecule has 0 bridgehead atoms. The topological polar surface area (TPSA) is 93.9 Å². The van der Waals surface area contributed by atoms with Crippen LogP contribution in [0.1, 0.15) is 12.8 Å². The van der Waals surface area contributed by atoms with E-state index >= 15 is 0 Å². The van der Waals surface area contributed by atoms with Gasteiger partial charge in [-0.25, -0.2) is 4.72 Å². The molecule has 3 N–H and O–H groups in total. The molecule has 0 unspecified atom stereocenters. The second-order valence-corrected chi connectivity index (χ2v) is 5.54. The maximum Gasteiger partial charge on any atom is 0.279 e. The number of methoxy groups -OCH3 is 2. The van der Waals surface area contributed by atoms with Gasteiger partial charge in [0.05, 0.1) is 13.2 Å². The highest BCUT2D eigenvalue weighted by molar-refractivity contribution is 7.87. The molecule has 0 aromatic carbocycles. The molecule has 0 aromatic heterocycles. The first-order valence-electron chi connectivity index (χ1n) is 6.01. The number of rotatable bonds is 12. The van der Waals surface area contributed by atoms with E-state index in [0.717, 1.165) is 12.8 Å².